The number of nitrogens with zero attached hydrogens (tertiary/aromatic N) is 1. The van der Waals surface area contributed by atoms with Crippen molar-refractivity contribution in [3.63, 3.8) is 0 Å². The molecular weight excluding hydrogens is 762 g/mol. The van der Waals surface area contributed by atoms with Gasteiger partial charge in [-0.1, -0.05) is 142 Å². The average molecular weight is 842 g/mol. The summed E-state index contributed by atoms with van der Waals surface area (Å²) in [5.41, 5.74) is 0. The summed E-state index contributed by atoms with van der Waals surface area (Å²) in [6.07, 6.45) is 55.7. The van der Waals surface area contributed by atoms with Gasteiger partial charge in [0.1, 0.15) is 6.61 Å². The van der Waals surface area contributed by atoms with Crippen molar-refractivity contribution in [1.82, 2.24) is 4.90 Å². The molecule has 0 aromatic carbocycles. The van der Waals surface area contributed by atoms with Gasteiger partial charge in [-0.25, -0.2) is 4.57 Å². The van der Waals surface area contributed by atoms with E-state index in [0.29, 0.717) is 25.8 Å². The van der Waals surface area contributed by atoms with E-state index in [0.717, 1.165) is 70.6 Å². The van der Waals surface area contributed by atoms with Gasteiger partial charge in [-0.2, -0.15) is 0 Å². The molecule has 0 saturated carbocycles. The van der Waals surface area contributed by atoms with Crippen LogP contribution in [0, 0.1) is 0 Å². The average Bonchev–Trinajstić information content (AvgIpc) is 3.20. The third-order valence-corrected chi connectivity index (χ3v) is 9.55. The van der Waals surface area contributed by atoms with Gasteiger partial charge in [-0.15, -0.1) is 0 Å². The predicted molar refractivity (Wildman–Crippen MR) is 247 cm³/mol. The lowest BCUT2D eigenvalue weighted by Crippen LogP contribution is -2.29. The Kier molecular flexibility index (Phi) is 40.4. The molecule has 0 aliphatic heterocycles. The zero-order valence-electron chi connectivity index (χ0n) is 37.1. The van der Waals surface area contributed by atoms with Crippen molar-refractivity contribution < 1.29 is 37.6 Å². The molecule has 0 heterocycles. The first kappa shape index (κ1) is 55.7. The Bertz CT molecular complexity index is 1340. The number of carbonyl (C=O) groups is 2. The van der Waals surface area contributed by atoms with Crippen LogP contribution in [0.15, 0.2) is 109 Å². The third-order valence-electron chi connectivity index (χ3n) is 8.56. The highest BCUT2D eigenvalue weighted by Crippen LogP contribution is 2.43. The van der Waals surface area contributed by atoms with Crippen molar-refractivity contribution in [3.8, 4) is 0 Å². The number of hydrogen-bond acceptors (Lipinski definition) is 8. The Morgan fingerprint density at radius 3 is 1.46 bits per heavy atom. The van der Waals surface area contributed by atoms with Crippen LogP contribution in [-0.4, -0.2) is 68.3 Å². The van der Waals surface area contributed by atoms with Crippen LogP contribution in [0.3, 0.4) is 0 Å². The van der Waals surface area contributed by atoms with Gasteiger partial charge in [0.25, 0.3) is 0 Å². The lowest BCUT2D eigenvalue weighted by Gasteiger charge is -2.20. The van der Waals surface area contributed by atoms with Crippen LogP contribution in [0.2, 0.25) is 0 Å². The number of hydrogen-bond donors (Lipinski definition) is 1. The second-order valence-corrected chi connectivity index (χ2v) is 15.9. The number of likely N-dealkylation sites (N-methyl/N-ethyl adjacent to an activating group) is 1. The predicted octanol–water partition coefficient (Wildman–Crippen LogP) is 13.0. The van der Waals surface area contributed by atoms with E-state index in [2.05, 4.69) is 117 Å². The van der Waals surface area contributed by atoms with Crippen molar-refractivity contribution in [3.05, 3.63) is 109 Å². The van der Waals surface area contributed by atoms with Gasteiger partial charge in [0, 0.05) is 19.4 Å². The number of rotatable bonds is 39. The maximum Gasteiger partial charge on any atom is 0.472 e. The van der Waals surface area contributed by atoms with E-state index in [1.54, 1.807) is 4.90 Å². The molecule has 0 aromatic rings. The molecule has 0 spiro atoms. The van der Waals surface area contributed by atoms with Crippen LogP contribution < -0.4 is 0 Å². The summed E-state index contributed by atoms with van der Waals surface area (Å²) in [6.45, 7) is 4.05. The summed E-state index contributed by atoms with van der Waals surface area (Å²) < 4.78 is 33.4. The van der Waals surface area contributed by atoms with Crippen molar-refractivity contribution >= 4 is 19.8 Å². The van der Waals surface area contributed by atoms with Gasteiger partial charge in [-0.05, 0) is 110 Å². The number of ether oxygens (including phenoxy) is 2. The standard InChI is InChI=1S/C49H80NO8P/c1-5-7-9-11-13-15-17-19-21-23-24-26-27-29-31-33-35-37-39-41-48(51)55-45-47(46-57-59(53,54)56-44-43-50(3)4)58-49(52)42-40-38-36-34-32-30-28-25-22-20-18-16-14-12-10-8-6-2/h7,9,13-16,19-22,24,26,28-31,34,36,47H,5-6,8,10-12,17-18,23,25,27,32-33,35,37-46H2,1-4H3,(H,53,54)/b9-7-,15-13-,16-14-,21-19-,22-20-,26-24-,30-28-,31-29-,36-34-. The third kappa shape index (κ3) is 44.1. The summed E-state index contributed by atoms with van der Waals surface area (Å²) >= 11 is 0. The minimum absolute atomic E-state index is 0.0151. The molecule has 0 saturated heterocycles. The SMILES string of the molecule is CC/C=C\C/C=C\C/C=C\C/C=C\C/C=C\CCCCCC(=O)OCC(COP(=O)(O)OCCN(C)C)OC(=O)CCC/C=C\C/C=C\C/C=C\C/C=C\CCCCC. The fourth-order valence-electron chi connectivity index (χ4n) is 5.17. The van der Waals surface area contributed by atoms with Gasteiger partial charge in [0.05, 0.1) is 13.2 Å². The molecule has 2 unspecified atom stereocenters. The Labute approximate surface area is 359 Å². The fraction of sp³-hybridized carbons (Fsp3) is 0.592. The lowest BCUT2D eigenvalue weighted by atomic mass is 10.1. The van der Waals surface area contributed by atoms with Crippen LogP contribution in [0.25, 0.3) is 0 Å². The molecule has 0 aromatic heterocycles. The molecule has 0 amide bonds. The molecule has 0 rings (SSSR count). The zero-order chi connectivity index (χ0) is 43.3. The first-order chi connectivity index (χ1) is 28.7. The molecule has 1 N–H and O–H groups in total. The van der Waals surface area contributed by atoms with Gasteiger partial charge < -0.3 is 19.3 Å². The molecule has 0 fully saturated rings. The highest BCUT2D eigenvalue weighted by Gasteiger charge is 2.26. The number of carbonyl (C=O) groups excluding carboxylic acids is 2. The van der Waals surface area contributed by atoms with E-state index in [-0.39, 0.29) is 26.1 Å². The molecule has 0 bridgehead atoms. The summed E-state index contributed by atoms with van der Waals surface area (Å²) in [5, 5.41) is 0. The lowest BCUT2D eigenvalue weighted by molar-refractivity contribution is -0.161. The van der Waals surface area contributed by atoms with Gasteiger partial charge >= 0.3 is 19.8 Å². The van der Waals surface area contributed by atoms with Crippen molar-refractivity contribution in [2.45, 2.75) is 148 Å². The topological polar surface area (TPSA) is 112 Å². The van der Waals surface area contributed by atoms with E-state index in [9.17, 15) is 19.0 Å². The smallest absolute Gasteiger partial charge is 0.462 e. The normalized spacial score (nSPS) is 14.4. The maximum atomic E-state index is 12.6. The Balaban J connectivity index is 4.47. The van der Waals surface area contributed by atoms with E-state index in [1.165, 1.54) is 25.7 Å². The van der Waals surface area contributed by atoms with Crippen LogP contribution in [0.5, 0.6) is 0 Å². The quantitative estimate of drug-likeness (QED) is 0.0280. The van der Waals surface area contributed by atoms with Crippen molar-refractivity contribution in [2.75, 3.05) is 40.5 Å². The van der Waals surface area contributed by atoms with Crippen LogP contribution in [0.1, 0.15) is 142 Å². The first-order valence-electron chi connectivity index (χ1n) is 22.2. The number of esters is 2. The zero-order valence-corrected chi connectivity index (χ0v) is 38.0. The molecule has 10 heteroatoms. The highest BCUT2D eigenvalue weighted by atomic mass is 31.2. The molecule has 59 heavy (non-hydrogen) atoms. The van der Waals surface area contributed by atoms with Crippen molar-refractivity contribution in [2.24, 2.45) is 0 Å². The summed E-state index contributed by atoms with van der Waals surface area (Å²) in [7, 11) is -0.772. The minimum Gasteiger partial charge on any atom is -0.462 e. The largest absolute Gasteiger partial charge is 0.472 e. The summed E-state index contributed by atoms with van der Waals surface area (Å²) in [5.74, 6) is -0.919. The second-order valence-electron chi connectivity index (χ2n) is 14.5. The maximum absolute atomic E-state index is 12.6. The van der Waals surface area contributed by atoms with Gasteiger partial charge in [-0.3, -0.25) is 18.6 Å². The van der Waals surface area contributed by atoms with Crippen LogP contribution in [0.4, 0.5) is 0 Å². The van der Waals surface area contributed by atoms with E-state index < -0.39 is 32.5 Å². The summed E-state index contributed by atoms with van der Waals surface area (Å²) in [4.78, 5) is 37.0. The molecule has 334 valence electrons. The molecule has 0 aliphatic rings. The Hall–Kier alpha value is -3.33. The number of allylic oxidation sites excluding steroid dienone is 18. The van der Waals surface area contributed by atoms with E-state index in [4.69, 9.17) is 18.5 Å². The van der Waals surface area contributed by atoms with Gasteiger partial charge in [0.2, 0.25) is 0 Å². The van der Waals surface area contributed by atoms with Gasteiger partial charge in [0.15, 0.2) is 6.10 Å². The van der Waals surface area contributed by atoms with Crippen molar-refractivity contribution in [1.29, 1.82) is 0 Å². The molecule has 9 nitrogen and oxygen atoms in total. The van der Waals surface area contributed by atoms with Crippen LogP contribution >= 0.6 is 7.82 Å². The van der Waals surface area contributed by atoms with E-state index in [1.807, 2.05) is 20.2 Å². The molecular formula is C49H80NO8P. The number of unbranched alkanes of at least 4 members (excludes halogenated alkanes) is 7. The summed E-state index contributed by atoms with van der Waals surface area (Å²) in [6, 6.07) is 0. The monoisotopic (exact) mass is 842 g/mol. The second kappa shape index (κ2) is 42.8. The molecule has 2 atom stereocenters. The highest BCUT2D eigenvalue weighted by molar-refractivity contribution is 7.47. The molecule has 0 radical (unpaired) electrons. The number of phosphoric ester groups is 1. The minimum atomic E-state index is -4.39. The Morgan fingerprint density at radius 1 is 0.542 bits per heavy atom. The van der Waals surface area contributed by atoms with Crippen LogP contribution in [-0.2, 0) is 32.7 Å². The molecule has 0 aliphatic carbocycles. The Morgan fingerprint density at radius 2 is 0.983 bits per heavy atom. The number of phosphoric acid groups is 1. The first-order valence-corrected chi connectivity index (χ1v) is 23.7. The van der Waals surface area contributed by atoms with E-state index >= 15 is 0 Å². The fourth-order valence-corrected chi connectivity index (χ4v) is 5.92.